The molecule has 0 aliphatic rings. The molecule has 1 N–H and O–H groups in total. The van der Waals surface area contributed by atoms with E-state index in [0.29, 0.717) is 11.3 Å². The van der Waals surface area contributed by atoms with E-state index in [1.807, 2.05) is 25.1 Å². The summed E-state index contributed by atoms with van der Waals surface area (Å²) in [5.41, 5.74) is 2.51. The van der Waals surface area contributed by atoms with Gasteiger partial charge in [0.25, 0.3) is 0 Å². The van der Waals surface area contributed by atoms with Gasteiger partial charge in [0.2, 0.25) is 5.91 Å². The van der Waals surface area contributed by atoms with Crippen LogP contribution in [0.1, 0.15) is 18.1 Å². The number of anilines is 1. The molecule has 3 nitrogen and oxygen atoms in total. The Balaban J connectivity index is 1.86. The number of carbonyl (C=O) groups excluding carboxylic acids is 1. The van der Waals surface area contributed by atoms with Crippen molar-refractivity contribution in [3.63, 3.8) is 0 Å². The zero-order chi connectivity index (χ0) is 15.1. The van der Waals surface area contributed by atoms with E-state index >= 15 is 0 Å². The Bertz CT molecular complexity index is 632. The zero-order valence-electron chi connectivity index (χ0n) is 11.7. The average molecular weight is 296 g/mol. The van der Waals surface area contributed by atoms with Crippen LogP contribution < -0.4 is 5.32 Å². The molecule has 0 saturated carbocycles. The molecular weight excluding hydrogens is 280 g/mol. The molecule has 2 rings (SSSR count). The number of thioether (sulfide) groups is 1. The first-order valence-corrected chi connectivity index (χ1v) is 7.70. The molecule has 0 fully saturated rings. The highest BCUT2D eigenvalue weighted by molar-refractivity contribution is 7.99. The van der Waals surface area contributed by atoms with Gasteiger partial charge in [-0.2, -0.15) is 5.26 Å². The van der Waals surface area contributed by atoms with E-state index < -0.39 is 0 Å². The van der Waals surface area contributed by atoms with Crippen molar-refractivity contribution in [2.24, 2.45) is 0 Å². The van der Waals surface area contributed by atoms with Gasteiger partial charge in [-0.15, -0.1) is 11.8 Å². The van der Waals surface area contributed by atoms with Crippen LogP contribution in [0.25, 0.3) is 0 Å². The lowest BCUT2D eigenvalue weighted by atomic mass is 10.2. The minimum absolute atomic E-state index is 0.0272. The molecule has 4 heteroatoms. The molecule has 1 amide bonds. The number of nitrogens with zero attached hydrogens (tertiary/aromatic N) is 1. The zero-order valence-corrected chi connectivity index (χ0v) is 12.6. The third kappa shape index (κ3) is 4.66. The van der Waals surface area contributed by atoms with E-state index in [4.69, 9.17) is 5.26 Å². The summed E-state index contributed by atoms with van der Waals surface area (Å²) in [5.74, 6) is 0.781. The Morgan fingerprint density at radius 1 is 1.19 bits per heavy atom. The number of hydrogen-bond donors (Lipinski definition) is 1. The maximum absolute atomic E-state index is 12.1. The van der Waals surface area contributed by atoms with Crippen LogP contribution in [0, 0.1) is 11.3 Å². The summed E-state index contributed by atoms with van der Waals surface area (Å²) in [4.78, 5) is 12.1. The van der Waals surface area contributed by atoms with Crippen molar-refractivity contribution in [3.05, 3.63) is 65.7 Å². The number of benzene rings is 2. The van der Waals surface area contributed by atoms with Gasteiger partial charge < -0.3 is 5.32 Å². The van der Waals surface area contributed by atoms with Crippen molar-refractivity contribution in [2.45, 2.75) is 17.9 Å². The summed E-state index contributed by atoms with van der Waals surface area (Å²) in [6.45, 7) is 1.90. The van der Waals surface area contributed by atoms with Gasteiger partial charge in [-0.05, 0) is 36.8 Å². The van der Waals surface area contributed by atoms with Gasteiger partial charge >= 0.3 is 0 Å². The van der Waals surface area contributed by atoms with Gasteiger partial charge in [0.05, 0.1) is 16.9 Å². The smallest absolute Gasteiger partial charge is 0.237 e. The SMILES string of the molecule is C[C@H](SCc1ccccc1)C(=O)Nc1ccc(C#N)cc1. The maximum Gasteiger partial charge on any atom is 0.237 e. The van der Waals surface area contributed by atoms with Crippen LogP contribution in [0.3, 0.4) is 0 Å². The molecule has 0 aromatic heterocycles. The second-order valence-corrected chi connectivity index (χ2v) is 5.95. The standard InChI is InChI=1S/C17H16N2OS/c1-13(21-12-15-5-3-2-4-6-15)17(20)19-16-9-7-14(11-18)8-10-16/h2-10,13H,12H2,1H3,(H,19,20)/t13-/m0/s1. The van der Waals surface area contributed by atoms with E-state index in [0.717, 1.165) is 5.75 Å². The van der Waals surface area contributed by atoms with Crippen molar-refractivity contribution < 1.29 is 4.79 Å². The minimum atomic E-state index is -0.138. The van der Waals surface area contributed by atoms with Crippen molar-refractivity contribution in [1.29, 1.82) is 5.26 Å². The minimum Gasteiger partial charge on any atom is -0.325 e. The summed E-state index contributed by atoms with van der Waals surface area (Å²) < 4.78 is 0. The Morgan fingerprint density at radius 3 is 2.48 bits per heavy atom. The average Bonchev–Trinajstić information content (AvgIpc) is 2.54. The lowest BCUT2D eigenvalue weighted by Crippen LogP contribution is -2.22. The van der Waals surface area contributed by atoms with Gasteiger partial charge in [0, 0.05) is 11.4 Å². The van der Waals surface area contributed by atoms with Crippen molar-refractivity contribution in [2.75, 3.05) is 5.32 Å². The predicted molar refractivity (Wildman–Crippen MR) is 87.0 cm³/mol. The maximum atomic E-state index is 12.1. The molecule has 0 saturated heterocycles. The molecule has 0 heterocycles. The first-order chi connectivity index (χ1) is 10.2. The number of rotatable bonds is 5. The Hall–Kier alpha value is -2.25. The molecule has 0 radical (unpaired) electrons. The summed E-state index contributed by atoms with van der Waals surface area (Å²) in [7, 11) is 0. The number of nitrogens with one attached hydrogen (secondary N) is 1. The van der Waals surface area contributed by atoms with E-state index in [1.165, 1.54) is 5.56 Å². The van der Waals surface area contributed by atoms with Gasteiger partial charge in [-0.1, -0.05) is 30.3 Å². The molecule has 1 atom stereocenters. The quantitative estimate of drug-likeness (QED) is 0.912. The molecule has 2 aromatic carbocycles. The molecule has 0 aliphatic heterocycles. The van der Waals surface area contributed by atoms with E-state index in [9.17, 15) is 4.79 Å². The molecule has 0 spiro atoms. The molecular formula is C17H16N2OS. The van der Waals surface area contributed by atoms with Gasteiger partial charge in [-0.3, -0.25) is 4.79 Å². The summed E-state index contributed by atoms with van der Waals surface area (Å²) in [6, 6.07) is 19.0. The number of hydrogen-bond acceptors (Lipinski definition) is 3. The normalized spacial score (nSPS) is 11.4. The largest absolute Gasteiger partial charge is 0.325 e. The van der Waals surface area contributed by atoms with Crippen molar-refractivity contribution in [3.8, 4) is 6.07 Å². The molecule has 21 heavy (non-hydrogen) atoms. The lowest BCUT2D eigenvalue weighted by Gasteiger charge is -2.12. The second-order valence-electron chi connectivity index (χ2n) is 4.62. The topological polar surface area (TPSA) is 52.9 Å². The van der Waals surface area contributed by atoms with Crippen molar-refractivity contribution in [1.82, 2.24) is 0 Å². The molecule has 0 bridgehead atoms. The van der Waals surface area contributed by atoms with E-state index in [2.05, 4.69) is 23.5 Å². The number of amides is 1. The highest BCUT2D eigenvalue weighted by atomic mass is 32.2. The highest BCUT2D eigenvalue weighted by Gasteiger charge is 2.13. The monoisotopic (exact) mass is 296 g/mol. The number of nitriles is 1. The van der Waals surface area contributed by atoms with E-state index in [1.54, 1.807) is 36.0 Å². The Morgan fingerprint density at radius 2 is 1.86 bits per heavy atom. The molecule has 0 unspecified atom stereocenters. The fraction of sp³-hybridized carbons (Fsp3) is 0.176. The Labute approximate surface area is 129 Å². The summed E-state index contributed by atoms with van der Waals surface area (Å²) in [5, 5.41) is 11.5. The van der Waals surface area contributed by atoms with Gasteiger partial charge in [-0.25, -0.2) is 0 Å². The Kier molecular flexibility index (Phi) is 5.42. The van der Waals surface area contributed by atoms with Crippen LogP contribution in [-0.2, 0) is 10.5 Å². The fourth-order valence-electron chi connectivity index (χ4n) is 1.74. The lowest BCUT2D eigenvalue weighted by molar-refractivity contribution is -0.115. The van der Waals surface area contributed by atoms with Crippen LogP contribution in [0.2, 0.25) is 0 Å². The predicted octanol–water partition coefficient (Wildman–Crippen LogP) is 3.82. The molecule has 0 aliphatic carbocycles. The van der Waals surface area contributed by atoms with Crippen LogP contribution in [0.4, 0.5) is 5.69 Å². The summed E-state index contributed by atoms with van der Waals surface area (Å²) >= 11 is 1.60. The third-order valence-electron chi connectivity index (χ3n) is 2.99. The van der Waals surface area contributed by atoms with Crippen LogP contribution >= 0.6 is 11.8 Å². The van der Waals surface area contributed by atoms with Crippen LogP contribution in [0.15, 0.2) is 54.6 Å². The highest BCUT2D eigenvalue weighted by Crippen LogP contribution is 2.19. The summed E-state index contributed by atoms with van der Waals surface area (Å²) in [6.07, 6.45) is 0. The number of carbonyl (C=O) groups is 1. The van der Waals surface area contributed by atoms with Crippen LogP contribution in [0.5, 0.6) is 0 Å². The van der Waals surface area contributed by atoms with Gasteiger partial charge in [0.15, 0.2) is 0 Å². The van der Waals surface area contributed by atoms with Gasteiger partial charge in [0.1, 0.15) is 0 Å². The van der Waals surface area contributed by atoms with Crippen LogP contribution in [-0.4, -0.2) is 11.2 Å². The van der Waals surface area contributed by atoms with E-state index in [-0.39, 0.29) is 11.2 Å². The third-order valence-corrected chi connectivity index (χ3v) is 4.21. The fourth-order valence-corrected chi connectivity index (χ4v) is 2.59. The molecule has 106 valence electrons. The second kappa shape index (κ2) is 7.51. The van der Waals surface area contributed by atoms with Crippen molar-refractivity contribution >= 4 is 23.4 Å². The first kappa shape index (κ1) is 15.1. The molecule has 2 aromatic rings. The first-order valence-electron chi connectivity index (χ1n) is 6.65.